The summed E-state index contributed by atoms with van der Waals surface area (Å²) >= 11 is 3.26. The minimum atomic E-state index is -0.112. The lowest BCUT2D eigenvalue weighted by atomic mass is 10.3. The molecule has 1 N–H and O–H groups in total. The highest BCUT2D eigenvalue weighted by atomic mass is 32.2. The Bertz CT molecular complexity index is 420. The van der Waals surface area contributed by atoms with E-state index in [9.17, 15) is 4.79 Å². The number of para-hydroxylation sites is 1. The van der Waals surface area contributed by atoms with E-state index in [0.717, 1.165) is 22.4 Å². The van der Waals surface area contributed by atoms with Crippen LogP contribution in [0.1, 0.15) is 6.92 Å². The Kier molecular flexibility index (Phi) is 4.50. The van der Waals surface area contributed by atoms with Crippen molar-refractivity contribution < 1.29 is 4.79 Å². The number of hydrogen-bond acceptors (Lipinski definition) is 4. The summed E-state index contributed by atoms with van der Waals surface area (Å²) in [4.78, 5) is 16.2. The van der Waals surface area contributed by atoms with Crippen LogP contribution in [-0.2, 0) is 4.79 Å². The number of nitrogens with one attached hydrogen (secondary N) is 1. The van der Waals surface area contributed by atoms with Crippen molar-refractivity contribution in [3.05, 3.63) is 30.3 Å². The van der Waals surface area contributed by atoms with Gasteiger partial charge in [-0.3, -0.25) is 9.79 Å². The van der Waals surface area contributed by atoms with Crippen LogP contribution >= 0.6 is 23.5 Å². The molecular formula is C12H14N2OS2. The summed E-state index contributed by atoms with van der Waals surface area (Å²) in [5.74, 6) is 1.06. The Hall–Kier alpha value is -0.940. The molecule has 17 heavy (non-hydrogen) atoms. The Morgan fingerprint density at radius 1 is 1.47 bits per heavy atom. The van der Waals surface area contributed by atoms with E-state index in [1.54, 1.807) is 11.8 Å². The largest absolute Gasteiger partial charge is 0.325 e. The zero-order valence-corrected chi connectivity index (χ0v) is 11.2. The fraction of sp³-hybridized carbons (Fsp3) is 0.333. The highest BCUT2D eigenvalue weighted by Gasteiger charge is 2.18. The van der Waals surface area contributed by atoms with Crippen molar-refractivity contribution in [2.75, 3.05) is 17.6 Å². The number of carbonyl (C=O) groups excluding carboxylic acids is 1. The fourth-order valence-corrected chi connectivity index (χ4v) is 3.49. The van der Waals surface area contributed by atoms with E-state index in [1.165, 1.54) is 11.8 Å². The molecule has 0 aromatic heterocycles. The third kappa shape index (κ3) is 3.78. The van der Waals surface area contributed by atoms with Gasteiger partial charge in [-0.1, -0.05) is 41.7 Å². The van der Waals surface area contributed by atoms with E-state index in [0.29, 0.717) is 0 Å². The van der Waals surface area contributed by atoms with Gasteiger partial charge in [0.05, 0.1) is 11.8 Å². The molecule has 1 atom stereocenters. The molecule has 0 aliphatic carbocycles. The minimum absolute atomic E-state index is 0.0244. The first-order valence-corrected chi connectivity index (χ1v) is 7.32. The fourth-order valence-electron chi connectivity index (χ4n) is 1.36. The molecule has 0 radical (unpaired) electrons. The molecule has 0 bridgehead atoms. The van der Waals surface area contributed by atoms with E-state index >= 15 is 0 Å². The first kappa shape index (κ1) is 12.5. The van der Waals surface area contributed by atoms with Gasteiger partial charge in [0.25, 0.3) is 0 Å². The van der Waals surface area contributed by atoms with Crippen molar-refractivity contribution in [1.29, 1.82) is 0 Å². The molecule has 5 heteroatoms. The maximum atomic E-state index is 11.9. The molecule has 0 saturated carbocycles. The van der Waals surface area contributed by atoms with Crippen LogP contribution in [0.3, 0.4) is 0 Å². The van der Waals surface area contributed by atoms with Crippen LogP contribution in [0.2, 0.25) is 0 Å². The summed E-state index contributed by atoms with van der Waals surface area (Å²) in [6, 6.07) is 9.51. The molecular weight excluding hydrogens is 252 g/mol. The Balaban J connectivity index is 1.87. The minimum Gasteiger partial charge on any atom is -0.325 e. The van der Waals surface area contributed by atoms with Crippen molar-refractivity contribution >= 4 is 39.5 Å². The lowest BCUT2D eigenvalue weighted by molar-refractivity contribution is -0.115. The van der Waals surface area contributed by atoms with Crippen molar-refractivity contribution in [3.8, 4) is 0 Å². The Morgan fingerprint density at radius 3 is 2.88 bits per heavy atom. The van der Waals surface area contributed by atoms with E-state index < -0.39 is 0 Å². The lowest BCUT2D eigenvalue weighted by Crippen LogP contribution is -2.23. The average molecular weight is 266 g/mol. The van der Waals surface area contributed by atoms with Crippen LogP contribution < -0.4 is 5.32 Å². The second-order valence-electron chi connectivity index (χ2n) is 3.61. The van der Waals surface area contributed by atoms with Gasteiger partial charge in [-0.2, -0.15) is 0 Å². The first-order chi connectivity index (χ1) is 8.25. The van der Waals surface area contributed by atoms with Gasteiger partial charge in [0.1, 0.15) is 4.38 Å². The van der Waals surface area contributed by atoms with Gasteiger partial charge in [0.2, 0.25) is 5.91 Å². The normalized spacial score (nSPS) is 16.4. The standard InChI is InChI=1S/C12H14N2OS2/c1-9(17-12-13-7-8-16-12)11(15)14-10-5-3-2-4-6-10/h2-6,9H,7-8H2,1H3,(H,14,15)/t9-/m1/s1. The zero-order chi connectivity index (χ0) is 12.1. The maximum Gasteiger partial charge on any atom is 0.237 e. The van der Waals surface area contributed by atoms with Gasteiger partial charge < -0.3 is 5.32 Å². The molecule has 1 amide bonds. The predicted molar refractivity (Wildman–Crippen MR) is 76.9 cm³/mol. The van der Waals surface area contributed by atoms with Crippen LogP contribution in [-0.4, -0.2) is 27.8 Å². The molecule has 3 nitrogen and oxygen atoms in total. The third-order valence-corrected chi connectivity index (χ3v) is 4.55. The van der Waals surface area contributed by atoms with Gasteiger partial charge >= 0.3 is 0 Å². The molecule has 1 heterocycles. The maximum absolute atomic E-state index is 11.9. The smallest absolute Gasteiger partial charge is 0.237 e. The number of aliphatic imine (C=N–C) groups is 1. The van der Waals surface area contributed by atoms with E-state index in [1.807, 2.05) is 37.3 Å². The number of benzene rings is 1. The zero-order valence-electron chi connectivity index (χ0n) is 9.55. The van der Waals surface area contributed by atoms with Gasteiger partial charge in [-0.15, -0.1) is 0 Å². The topological polar surface area (TPSA) is 41.5 Å². The van der Waals surface area contributed by atoms with Crippen molar-refractivity contribution in [1.82, 2.24) is 0 Å². The van der Waals surface area contributed by atoms with Crippen LogP contribution in [0.4, 0.5) is 5.69 Å². The second kappa shape index (κ2) is 6.12. The van der Waals surface area contributed by atoms with Crippen LogP contribution in [0.25, 0.3) is 0 Å². The highest BCUT2D eigenvalue weighted by Crippen LogP contribution is 2.26. The van der Waals surface area contributed by atoms with Gasteiger partial charge in [-0.25, -0.2) is 0 Å². The number of carbonyl (C=O) groups is 1. The molecule has 1 aromatic rings. The summed E-state index contributed by atoms with van der Waals surface area (Å²) in [7, 11) is 0. The quantitative estimate of drug-likeness (QED) is 0.914. The molecule has 1 aliphatic rings. The summed E-state index contributed by atoms with van der Waals surface area (Å²) < 4.78 is 1.03. The number of anilines is 1. The summed E-state index contributed by atoms with van der Waals surface area (Å²) in [5, 5.41) is 2.78. The SMILES string of the molecule is C[C@@H](SC1=NCCS1)C(=O)Nc1ccccc1. The van der Waals surface area contributed by atoms with Gasteiger partial charge in [-0.05, 0) is 19.1 Å². The van der Waals surface area contributed by atoms with Gasteiger partial charge in [0, 0.05) is 11.4 Å². The summed E-state index contributed by atoms with van der Waals surface area (Å²) in [6.07, 6.45) is 0. The molecule has 1 aromatic carbocycles. The third-order valence-electron chi connectivity index (χ3n) is 2.25. The van der Waals surface area contributed by atoms with Crippen LogP contribution in [0.15, 0.2) is 35.3 Å². The molecule has 0 saturated heterocycles. The van der Waals surface area contributed by atoms with E-state index in [2.05, 4.69) is 10.3 Å². The first-order valence-electron chi connectivity index (χ1n) is 5.45. The number of hydrogen-bond donors (Lipinski definition) is 1. The molecule has 0 fully saturated rings. The van der Waals surface area contributed by atoms with Crippen LogP contribution in [0.5, 0.6) is 0 Å². The monoisotopic (exact) mass is 266 g/mol. The summed E-state index contributed by atoms with van der Waals surface area (Å²) in [5.41, 5.74) is 0.839. The number of thioether (sulfide) groups is 2. The number of rotatable bonds is 3. The molecule has 0 spiro atoms. The lowest BCUT2D eigenvalue weighted by Gasteiger charge is -2.11. The average Bonchev–Trinajstić information content (AvgIpc) is 2.83. The van der Waals surface area contributed by atoms with Crippen LogP contribution in [0, 0.1) is 0 Å². The number of amides is 1. The molecule has 2 rings (SSSR count). The molecule has 1 aliphatic heterocycles. The Labute approximate surface area is 109 Å². The second-order valence-corrected chi connectivity index (χ2v) is 6.28. The molecule has 0 unspecified atom stereocenters. The summed E-state index contributed by atoms with van der Waals surface area (Å²) in [6.45, 7) is 2.78. The van der Waals surface area contributed by atoms with Crippen molar-refractivity contribution in [3.63, 3.8) is 0 Å². The van der Waals surface area contributed by atoms with Crippen molar-refractivity contribution in [2.45, 2.75) is 12.2 Å². The predicted octanol–water partition coefficient (Wildman–Crippen LogP) is 2.85. The number of nitrogens with zero attached hydrogens (tertiary/aromatic N) is 1. The Morgan fingerprint density at radius 2 is 2.24 bits per heavy atom. The van der Waals surface area contributed by atoms with Crippen molar-refractivity contribution in [2.24, 2.45) is 4.99 Å². The van der Waals surface area contributed by atoms with Gasteiger partial charge in [0.15, 0.2) is 0 Å². The highest BCUT2D eigenvalue weighted by molar-refractivity contribution is 8.39. The molecule has 90 valence electrons. The van der Waals surface area contributed by atoms with E-state index in [4.69, 9.17) is 0 Å². The van der Waals surface area contributed by atoms with E-state index in [-0.39, 0.29) is 11.2 Å².